The van der Waals surface area contributed by atoms with Crippen LogP contribution in [0.1, 0.15) is 11.3 Å². The molecule has 0 atom stereocenters. The normalized spacial score (nSPS) is 10.6. The SMILES string of the molecule is Cc1c(Cl)cnn1CC(=O)Cc1ccccc1F. The number of nitrogens with zero attached hydrogens (tertiary/aromatic N) is 2. The zero-order valence-corrected chi connectivity index (χ0v) is 10.6. The highest BCUT2D eigenvalue weighted by Gasteiger charge is 2.11. The van der Waals surface area contributed by atoms with Gasteiger partial charge in [-0.1, -0.05) is 29.8 Å². The standard InChI is InChI=1S/C13H12ClFN2O/c1-9-12(14)7-16-17(9)8-11(18)6-10-4-2-3-5-13(10)15/h2-5,7H,6,8H2,1H3. The molecule has 0 saturated carbocycles. The fraction of sp³-hybridized carbons (Fsp3) is 0.231. The average molecular weight is 267 g/mol. The fourth-order valence-electron chi connectivity index (χ4n) is 1.66. The number of carbonyl (C=O) groups is 1. The number of carbonyl (C=O) groups excluding carboxylic acids is 1. The summed E-state index contributed by atoms with van der Waals surface area (Å²) in [7, 11) is 0. The van der Waals surface area contributed by atoms with Gasteiger partial charge in [0.1, 0.15) is 12.4 Å². The quantitative estimate of drug-likeness (QED) is 0.853. The van der Waals surface area contributed by atoms with E-state index in [1.165, 1.54) is 16.9 Å². The molecular weight excluding hydrogens is 255 g/mol. The summed E-state index contributed by atoms with van der Waals surface area (Å²) in [6, 6.07) is 6.26. The minimum absolute atomic E-state index is 0.0591. The maximum Gasteiger partial charge on any atom is 0.158 e. The Morgan fingerprint density at radius 1 is 1.44 bits per heavy atom. The zero-order valence-electron chi connectivity index (χ0n) is 9.86. The Balaban J connectivity index is 2.06. The van der Waals surface area contributed by atoms with Crippen LogP contribution in [0.2, 0.25) is 5.02 Å². The van der Waals surface area contributed by atoms with Gasteiger partial charge in [-0.2, -0.15) is 5.10 Å². The van der Waals surface area contributed by atoms with Gasteiger partial charge in [-0.15, -0.1) is 0 Å². The Kier molecular flexibility index (Phi) is 3.77. The van der Waals surface area contributed by atoms with Crippen LogP contribution in [0.25, 0.3) is 0 Å². The largest absolute Gasteiger partial charge is 0.297 e. The Morgan fingerprint density at radius 3 is 2.78 bits per heavy atom. The van der Waals surface area contributed by atoms with Gasteiger partial charge in [0.15, 0.2) is 5.78 Å². The molecule has 2 rings (SSSR count). The van der Waals surface area contributed by atoms with Gasteiger partial charge in [0.05, 0.1) is 16.9 Å². The Morgan fingerprint density at radius 2 is 2.17 bits per heavy atom. The zero-order chi connectivity index (χ0) is 13.1. The van der Waals surface area contributed by atoms with Gasteiger partial charge in [0, 0.05) is 6.42 Å². The lowest BCUT2D eigenvalue weighted by Crippen LogP contribution is -2.15. The van der Waals surface area contributed by atoms with Crippen LogP contribution in [0.15, 0.2) is 30.5 Å². The van der Waals surface area contributed by atoms with Crippen molar-refractivity contribution in [1.29, 1.82) is 0 Å². The van der Waals surface area contributed by atoms with Crippen molar-refractivity contribution in [3.63, 3.8) is 0 Å². The van der Waals surface area contributed by atoms with Gasteiger partial charge in [0.2, 0.25) is 0 Å². The molecule has 0 aliphatic carbocycles. The van der Waals surface area contributed by atoms with E-state index in [9.17, 15) is 9.18 Å². The van der Waals surface area contributed by atoms with Crippen molar-refractivity contribution in [3.05, 3.63) is 52.6 Å². The number of hydrogen-bond donors (Lipinski definition) is 0. The maximum absolute atomic E-state index is 13.4. The number of hydrogen-bond acceptors (Lipinski definition) is 2. The first-order valence-corrected chi connectivity index (χ1v) is 5.88. The van der Waals surface area contributed by atoms with Crippen molar-refractivity contribution < 1.29 is 9.18 Å². The number of benzene rings is 1. The molecule has 1 aromatic carbocycles. The first kappa shape index (κ1) is 12.8. The van der Waals surface area contributed by atoms with E-state index in [1.54, 1.807) is 25.1 Å². The second kappa shape index (κ2) is 5.31. The van der Waals surface area contributed by atoms with Crippen LogP contribution in [0.3, 0.4) is 0 Å². The van der Waals surface area contributed by atoms with Crippen LogP contribution in [-0.2, 0) is 17.8 Å². The topological polar surface area (TPSA) is 34.9 Å². The van der Waals surface area contributed by atoms with Gasteiger partial charge < -0.3 is 0 Å². The summed E-state index contributed by atoms with van der Waals surface area (Å²) in [5.41, 5.74) is 1.14. The molecule has 0 unspecified atom stereocenters. The molecule has 1 heterocycles. The van der Waals surface area contributed by atoms with Crippen molar-refractivity contribution in [2.45, 2.75) is 19.9 Å². The number of Topliss-reactive ketones (excluding diaryl/α,β-unsaturated/α-hetero) is 1. The number of halogens is 2. The summed E-state index contributed by atoms with van der Waals surface area (Å²) in [5.74, 6) is -0.468. The van der Waals surface area contributed by atoms with Crippen molar-refractivity contribution >= 4 is 17.4 Å². The third-order valence-electron chi connectivity index (χ3n) is 2.71. The summed E-state index contributed by atoms with van der Waals surface area (Å²) in [6.45, 7) is 1.89. The molecule has 0 amide bonds. The number of rotatable bonds is 4. The van der Waals surface area contributed by atoms with E-state index < -0.39 is 0 Å². The van der Waals surface area contributed by atoms with E-state index in [-0.39, 0.29) is 24.6 Å². The molecule has 5 heteroatoms. The predicted octanol–water partition coefficient (Wildman–Crippen LogP) is 2.80. The van der Waals surface area contributed by atoms with Crippen LogP contribution in [0.4, 0.5) is 4.39 Å². The van der Waals surface area contributed by atoms with E-state index in [4.69, 9.17) is 11.6 Å². The third kappa shape index (κ3) is 2.76. The van der Waals surface area contributed by atoms with Gasteiger partial charge >= 0.3 is 0 Å². The van der Waals surface area contributed by atoms with E-state index in [2.05, 4.69) is 5.10 Å². The minimum Gasteiger partial charge on any atom is -0.297 e. The second-order valence-corrected chi connectivity index (χ2v) is 4.45. The first-order valence-electron chi connectivity index (χ1n) is 5.51. The van der Waals surface area contributed by atoms with Crippen LogP contribution in [0.5, 0.6) is 0 Å². The molecule has 0 spiro atoms. The average Bonchev–Trinajstić information content (AvgIpc) is 2.64. The smallest absolute Gasteiger partial charge is 0.158 e. The van der Waals surface area contributed by atoms with E-state index >= 15 is 0 Å². The van der Waals surface area contributed by atoms with Gasteiger partial charge in [0.25, 0.3) is 0 Å². The summed E-state index contributed by atoms with van der Waals surface area (Å²) in [4.78, 5) is 11.8. The summed E-state index contributed by atoms with van der Waals surface area (Å²) in [6.07, 6.45) is 1.55. The van der Waals surface area contributed by atoms with Crippen molar-refractivity contribution in [2.24, 2.45) is 0 Å². The Hall–Kier alpha value is -1.68. The predicted molar refractivity (Wildman–Crippen MR) is 67.1 cm³/mol. The van der Waals surface area contributed by atoms with Gasteiger partial charge in [-0.05, 0) is 18.6 Å². The molecule has 1 aromatic heterocycles. The lowest BCUT2D eigenvalue weighted by Gasteiger charge is -2.05. The summed E-state index contributed by atoms with van der Waals surface area (Å²) in [5, 5.41) is 4.51. The van der Waals surface area contributed by atoms with Crippen molar-refractivity contribution in [2.75, 3.05) is 0 Å². The molecule has 0 aliphatic rings. The van der Waals surface area contributed by atoms with Crippen LogP contribution in [-0.4, -0.2) is 15.6 Å². The first-order chi connectivity index (χ1) is 8.58. The lowest BCUT2D eigenvalue weighted by molar-refractivity contribution is -0.119. The monoisotopic (exact) mass is 266 g/mol. The third-order valence-corrected chi connectivity index (χ3v) is 3.09. The number of aromatic nitrogens is 2. The highest BCUT2D eigenvalue weighted by atomic mass is 35.5. The molecule has 0 aliphatic heterocycles. The Labute approximate surface area is 109 Å². The summed E-state index contributed by atoms with van der Waals surface area (Å²) < 4.78 is 14.9. The molecule has 0 saturated heterocycles. The molecule has 0 radical (unpaired) electrons. The van der Waals surface area contributed by atoms with Crippen LogP contribution < -0.4 is 0 Å². The summed E-state index contributed by atoms with van der Waals surface area (Å²) >= 11 is 5.84. The molecule has 2 aromatic rings. The maximum atomic E-state index is 13.4. The molecule has 0 fully saturated rings. The number of ketones is 1. The Bertz CT molecular complexity index is 580. The minimum atomic E-state index is -0.360. The van der Waals surface area contributed by atoms with Crippen molar-refractivity contribution in [3.8, 4) is 0 Å². The highest BCUT2D eigenvalue weighted by Crippen LogP contribution is 2.14. The highest BCUT2D eigenvalue weighted by molar-refractivity contribution is 6.31. The molecule has 0 N–H and O–H groups in total. The second-order valence-electron chi connectivity index (χ2n) is 4.04. The van der Waals surface area contributed by atoms with Crippen LogP contribution >= 0.6 is 11.6 Å². The molecular formula is C13H12ClFN2O. The molecule has 3 nitrogen and oxygen atoms in total. The van der Waals surface area contributed by atoms with E-state index in [0.29, 0.717) is 10.6 Å². The van der Waals surface area contributed by atoms with Crippen LogP contribution in [0, 0.1) is 12.7 Å². The van der Waals surface area contributed by atoms with Gasteiger partial charge in [-0.25, -0.2) is 4.39 Å². The lowest BCUT2D eigenvalue weighted by atomic mass is 10.1. The van der Waals surface area contributed by atoms with E-state index in [0.717, 1.165) is 5.69 Å². The molecule has 18 heavy (non-hydrogen) atoms. The van der Waals surface area contributed by atoms with Crippen molar-refractivity contribution in [1.82, 2.24) is 9.78 Å². The molecule has 0 bridgehead atoms. The molecule has 94 valence electrons. The van der Waals surface area contributed by atoms with E-state index in [1.807, 2.05) is 0 Å². The van der Waals surface area contributed by atoms with Gasteiger partial charge in [-0.3, -0.25) is 9.48 Å². The fourth-order valence-corrected chi connectivity index (χ4v) is 1.80.